The Balaban J connectivity index is 1.23. The van der Waals surface area contributed by atoms with Crippen LogP contribution in [-0.2, 0) is 27.9 Å². The molecule has 11 heteroatoms. The molecule has 0 bridgehead atoms. The number of likely N-dealkylation sites (tertiary alicyclic amines) is 1. The monoisotopic (exact) mass is 473 g/mol. The van der Waals surface area contributed by atoms with Gasteiger partial charge in [0.25, 0.3) is 5.89 Å². The maximum Gasteiger partial charge on any atom is 0.257 e. The fourth-order valence-corrected chi connectivity index (χ4v) is 4.23. The summed E-state index contributed by atoms with van der Waals surface area (Å²) in [6.45, 7) is 2.28. The van der Waals surface area contributed by atoms with Crippen LogP contribution in [0.2, 0.25) is 0 Å². The highest BCUT2D eigenvalue weighted by molar-refractivity contribution is 7.89. The molecule has 0 unspecified atom stereocenters. The minimum Gasteiger partial charge on any atom is -0.352 e. The maximum absolute atomic E-state index is 13.1. The van der Waals surface area contributed by atoms with E-state index in [-0.39, 0.29) is 22.5 Å². The van der Waals surface area contributed by atoms with Crippen LogP contribution in [0, 0.1) is 11.7 Å². The SMILES string of the molecule is NS(=O)(=O)c1ccc(CNC(=O)C2CCN(Cc3noc(-c4ccc(F)cc4)n3)CC2)cc1. The number of hydrogen-bond acceptors (Lipinski definition) is 7. The zero-order valence-corrected chi connectivity index (χ0v) is 18.6. The van der Waals surface area contributed by atoms with Gasteiger partial charge in [-0.05, 0) is 67.9 Å². The first-order valence-electron chi connectivity index (χ1n) is 10.5. The Labute approximate surface area is 190 Å². The quantitative estimate of drug-likeness (QED) is 0.537. The first-order chi connectivity index (χ1) is 15.8. The lowest BCUT2D eigenvalue weighted by molar-refractivity contribution is -0.126. The second-order valence-corrected chi connectivity index (χ2v) is 9.54. The summed E-state index contributed by atoms with van der Waals surface area (Å²) in [5.41, 5.74) is 1.45. The van der Waals surface area contributed by atoms with Crippen molar-refractivity contribution in [2.45, 2.75) is 30.8 Å². The van der Waals surface area contributed by atoms with Crippen LogP contribution in [0.1, 0.15) is 24.2 Å². The molecule has 0 aliphatic carbocycles. The molecular weight excluding hydrogens is 449 g/mol. The van der Waals surface area contributed by atoms with Gasteiger partial charge in [-0.3, -0.25) is 9.69 Å². The molecule has 2 aromatic carbocycles. The number of nitrogens with one attached hydrogen (secondary N) is 1. The van der Waals surface area contributed by atoms with Gasteiger partial charge in [0, 0.05) is 18.0 Å². The Hall–Kier alpha value is -3.15. The first kappa shape index (κ1) is 23.0. The summed E-state index contributed by atoms with van der Waals surface area (Å²) in [5, 5.41) is 12.0. The van der Waals surface area contributed by atoms with Crippen LogP contribution in [0.3, 0.4) is 0 Å². The second-order valence-electron chi connectivity index (χ2n) is 7.98. The summed E-state index contributed by atoms with van der Waals surface area (Å²) in [6.07, 6.45) is 1.41. The molecule has 0 atom stereocenters. The van der Waals surface area contributed by atoms with Crippen molar-refractivity contribution in [3.05, 3.63) is 65.7 Å². The number of primary sulfonamides is 1. The Morgan fingerprint density at radius 2 is 1.79 bits per heavy atom. The van der Waals surface area contributed by atoms with E-state index in [1.807, 2.05) is 0 Å². The zero-order valence-electron chi connectivity index (χ0n) is 17.8. The molecule has 3 N–H and O–H groups in total. The number of carbonyl (C=O) groups excluding carboxylic acids is 1. The lowest BCUT2D eigenvalue weighted by Gasteiger charge is -2.30. The van der Waals surface area contributed by atoms with Crippen LogP contribution >= 0.6 is 0 Å². The molecule has 1 amide bonds. The molecule has 1 aliphatic heterocycles. The van der Waals surface area contributed by atoms with Gasteiger partial charge in [0.05, 0.1) is 11.4 Å². The minimum absolute atomic E-state index is 0.0247. The molecule has 0 radical (unpaired) electrons. The van der Waals surface area contributed by atoms with Gasteiger partial charge in [-0.2, -0.15) is 4.98 Å². The van der Waals surface area contributed by atoms with Crippen LogP contribution in [0.5, 0.6) is 0 Å². The molecule has 0 saturated carbocycles. The van der Waals surface area contributed by atoms with Crippen molar-refractivity contribution >= 4 is 15.9 Å². The smallest absolute Gasteiger partial charge is 0.257 e. The van der Waals surface area contributed by atoms with Crippen molar-refractivity contribution in [1.82, 2.24) is 20.4 Å². The second kappa shape index (κ2) is 9.77. The molecule has 9 nitrogen and oxygen atoms in total. The third-order valence-corrected chi connectivity index (χ3v) is 6.53. The number of aromatic nitrogens is 2. The molecule has 1 fully saturated rings. The molecule has 33 heavy (non-hydrogen) atoms. The summed E-state index contributed by atoms with van der Waals surface area (Å²) < 4.78 is 41.0. The standard InChI is InChI=1S/C22H24FN5O4S/c23-18-5-3-17(4-6-18)22-26-20(27-32-22)14-28-11-9-16(10-12-28)21(29)25-13-15-1-7-19(8-2-15)33(24,30)31/h1-8,16H,9-14H2,(H,25,29)(H2,24,30,31). The first-order valence-corrected chi connectivity index (χ1v) is 12.0. The Morgan fingerprint density at radius 1 is 1.12 bits per heavy atom. The topological polar surface area (TPSA) is 131 Å². The van der Waals surface area contributed by atoms with Gasteiger partial charge in [-0.25, -0.2) is 17.9 Å². The van der Waals surface area contributed by atoms with Gasteiger partial charge >= 0.3 is 0 Å². The van der Waals surface area contributed by atoms with Crippen molar-refractivity contribution in [3.8, 4) is 11.5 Å². The summed E-state index contributed by atoms with van der Waals surface area (Å²) in [6, 6.07) is 12.0. The number of sulfonamides is 1. The third-order valence-electron chi connectivity index (χ3n) is 5.60. The van der Waals surface area contributed by atoms with E-state index in [9.17, 15) is 17.6 Å². The number of carbonyl (C=O) groups is 1. The lowest BCUT2D eigenvalue weighted by atomic mass is 9.96. The van der Waals surface area contributed by atoms with Gasteiger partial charge in [-0.15, -0.1) is 0 Å². The van der Waals surface area contributed by atoms with E-state index in [1.165, 1.54) is 24.3 Å². The van der Waals surface area contributed by atoms with Crippen LogP contribution < -0.4 is 10.5 Å². The van der Waals surface area contributed by atoms with Crippen molar-refractivity contribution in [2.24, 2.45) is 11.1 Å². The molecule has 2 heterocycles. The average molecular weight is 474 g/mol. The van der Waals surface area contributed by atoms with Crippen LogP contribution in [0.4, 0.5) is 4.39 Å². The summed E-state index contributed by atoms with van der Waals surface area (Å²) in [4.78, 5) is 19.1. The third kappa shape index (κ3) is 6.01. The summed E-state index contributed by atoms with van der Waals surface area (Å²) >= 11 is 0. The lowest BCUT2D eigenvalue weighted by Crippen LogP contribution is -2.40. The van der Waals surface area contributed by atoms with E-state index in [0.29, 0.717) is 43.2 Å². The molecule has 3 aromatic rings. The minimum atomic E-state index is -3.73. The molecule has 174 valence electrons. The van der Waals surface area contributed by atoms with Crippen LogP contribution in [0.15, 0.2) is 57.9 Å². The summed E-state index contributed by atoms with van der Waals surface area (Å²) in [5.74, 6) is 0.440. The zero-order chi connectivity index (χ0) is 23.4. The highest BCUT2D eigenvalue weighted by atomic mass is 32.2. The fourth-order valence-electron chi connectivity index (χ4n) is 3.71. The Kier molecular flexibility index (Phi) is 6.82. The van der Waals surface area contributed by atoms with Crippen LogP contribution in [0.25, 0.3) is 11.5 Å². The largest absolute Gasteiger partial charge is 0.352 e. The van der Waals surface area contributed by atoms with E-state index >= 15 is 0 Å². The normalized spacial score (nSPS) is 15.5. The molecular formula is C22H24FN5O4S. The molecule has 0 spiro atoms. The van der Waals surface area contributed by atoms with E-state index < -0.39 is 10.0 Å². The number of amides is 1. The summed E-state index contributed by atoms with van der Waals surface area (Å²) in [7, 11) is -3.73. The van der Waals surface area contributed by atoms with E-state index in [2.05, 4.69) is 20.4 Å². The highest BCUT2D eigenvalue weighted by Crippen LogP contribution is 2.21. The molecule has 1 aromatic heterocycles. The fraction of sp³-hybridized carbons (Fsp3) is 0.318. The predicted octanol–water partition coefficient (Wildman–Crippen LogP) is 2.05. The van der Waals surface area contributed by atoms with Gasteiger partial charge in [0.2, 0.25) is 15.9 Å². The van der Waals surface area contributed by atoms with Crippen molar-refractivity contribution in [3.63, 3.8) is 0 Å². The number of piperidine rings is 1. The number of hydrogen-bond donors (Lipinski definition) is 2. The predicted molar refractivity (Wildman–Crippen MR) is 117 cm³/mol. The van der Waals surface area contributed by atoms with Crippen molar-refractivity contribution < 1.29 is 22.1 Å². The maximum atomic E-state index is 13.1. The van der Waals surface area contributed by atoms with Gasteiger partial charge in [-0.1, -0.05) is 17.3 Å². The number of benzene rings is 2. The highest BCUT2D eigenvalue weighted by Gasteiger charge is 2.25. The van der Waals surface area contributed by atoms with E-state index in [4.69, 9.17) is 9.66 Å². The Morgan fingerprint density at radius 3 is 2.42 bits per heavy atom. The van der Waals surface area contributed by atoms with Crippen molar-refractivity contribution in [2.75, 3.05) is 13.1 Å². The number of nitrogens with two attached hydrogens (primary N) is 1. The molecule has 4 rings (SSSR count). The average Bonchev–Trinajstić information content (AvgIpc) is 3.26. The molecule has 1 saturated heterocycles. The van der Waals surface area contributed by atoms with Gasteiger partial charge < -0.3 is 9.84 Å². The van der Waals surface area contributed by atoms with Gasteiger partial charge in [0.15, 0.2) is 5.82 Å². The van der Waals surface area contributed by atoms with Crippen LogP contribution in [-0.4, -0.2) is 42.5 Å². The van der Waals surface area contributed by atoms with E-state index in [0.717, 1.165) is 18.7 Å². The van der Waals surface area contributed by atoms with Gasteiger partial charge in [0.1, 0.15) is 5.82 Å². The van der Waals surface area contributed by atoms with E-state index in [1.54, 1.807) is 24.3 Å². The Bertz CT molecular complexity index is 1200. The van der Waals surface area contributed by atoms with Crippen molar-refractivity contribution in [1.29, 1.82) is 0 Å². The number of nitrogens with zero attached hydrogens (tertiary/aromatic N) is 3. The molecule has 1 aliphatic rings. The number of rotatable bonds is 7. The number of halogens is 1.